The molecule has 0 radical (unpaired) electrons. The van der Waals surface area contributed by atoms with Gasteiger partial charge in [-0.05, 0) is 23.6 Å². The molecule has 14 heteroatoms. The number of halogens is 9. The molecule has 1 aliphatic heterocycles. The van der Waals surface area contributed by atoms with E-state index in [1.807, 2.05) is 0 Å². The summed E-state index contributed by atoms with van der Waals surface area (Å²) in [5, 5.41) is -2.52. The molecule has 0 aliphatic carbocycles. The molecule has 0 bridgehead atoms. The van der Waals surface area contributed by atoms with Gasteiger partial charge < -0.3 is 9.47 Å². The number of hydrogen-bond acceptors (Lipinski definition) is 5. The average Bonchev–Trinajstić information content (AvgIpc) is 3.31. The molecular formula is C22H13F9N2O3. The predicted molar refractivity (Wildman–Crippen MR) is 107 cm³/mol. The van der Waals surface area contributed by atoms with Crippen molar-refractivity contribution < 1.29 is 53.8 Å². The van der Waals surface area contributed by atoms with Gasteiger partial charge in [-0.2, -0.15) is 39.5 Å². The van der Waals surface area contributed by atoms with Crippen molar-refractivity contribution in [1.29, 1.82) is 0 Å². The monoisotopic (exact) mass is 524 g/mol. The van der Waals surface area contributed by atoms with Crippen LogP contribution in [0.2, 0.25) is 0 Å². The smallest absolute Gasteiger partial charge is 0.419 e. The number of alkyl halides is 9. The van der Waals surface area contributed by atoms with Crippen molar-refractivity contribution in [3.8, 4) is 0 Å². The maximum atomic E-state index is 14.8. The highest BCUT2D eigenvalue weighted by Gasteiger charge is 2.70. The van der Waals surface area contributed by atoms with E-state index in [1.165, 1.54) is 12.1 Å². The quantitative estimate of drug-likeness (QED) is 0.246. The lowest BCUT2D eigenvalue weighted by molar-refractivity contribution is -0.195. The van der Waals surface area contributed by atoms with Crippen molar-refractivity contribution >= 4 is 33.5 Å². The van der Waals surface area contributed by atoms with Gasteiger partial charge in [-0.3, -0.25) is 14.8 Å². The van der Waals surface area contributed by atoms with Crippen LogP contribution in [-0.2, 0) is 32.0 Å². The van der Waals surface area contributed by atoms with Crippen molar-refractivity contribution in [3.63, 3.8) is 0 Å². The van der Waals surface area contributed by atoms with Crippen LogP contribution in [-0.4, -0.2) is 43.3 Å². The maximum Gasteiger partial charge on any atom is 0.419 e. The number of aromatic nitrogens is 1. The summed E-state index contributed by atoms with van der Waals surface area (Å²) in [6.45, 7) is -0.792. The van der Waals surface area contributed by atoms with Gasteiger partial charge >= 0.3 is 24.5 Å². The molecule has 192 valence electrons. The van der Waals surface area contributed by atoms with Crippen LogP contribution in [0.3, 0.4) is 0 Å². The molecule has 0 saturated carbocycles. The van der Waals surface area contributed by atoms with E-state index in [1.54, 1.807) is 0 Å². The maximum absolute atomic E-state index is 14.8. The first kappa shape index (κ1) is 25.5. The summed E-state index contributed by atoms with van der Waals surface area (Å²) in [4.78, 5) is 20.1. The molecule has 4 rings (SSSR count). The first-order chi connectivity index (χ1) is 16.6. The molecule has 2 heterocycles. The highest BCUT2D eigenvalue weighted by molar-refractivity contribution is 6.16. The molecule has 36 heavy (non-hydrogen) atoms. The lowest BCUT2D eigenvalue weighted by atomic mass is 9.78. The van der Waals surface area contributed by atoms with E-state index in [9.17, 15) is 44.3 Å². The number of esters is 1. The van der Waals surface area contributed by atoms with Crippen LogP contribution in [0.1, 0.15) is 16.8 Å². The summed E-state index contributed by atoms with van der Waals surface area (Å²) >= 11 is 0. The Morgan fingerprint density at radius 1 is 0.944 bits per heavy atom. The largest absolute Gasteiger partial charge is 0.478 e. The normalized spacial score (nSPS) is 16.6. The zero-order chi connectivity index (χ0) is 26.7. The van der Waals surface area contributed by atoms with Gasteiger partial charge in [0.15, 0.2) is 0 Å². The fourth-order valence-electron chi connectivity index (χ4n) is 4.12. The molecule has 1 unspecified atom stereocenters. The van der Waals surface area contributed by atoms with E-state index in [2.05, 4.69) is 14.7 Å². The SMILES string of the molecule is COC(=O)C(C1=NCCO1)(c1nc2ccccc2c2cc(C(F)(F)F)cc(C(F)(F)F)c12)C(F)(F)F. The van der Waals surface area contributed by atoms with E-state index in [4.69, 9.17) is 4.74 Å². The number of carbonyl (C=O) groups excluding carboxylic acids is 1. The van der Waals surface area contributed by atoms with Crippen molar-refractivity contribution in [1.82, 2.24) is 4.98 Å². The van der Waals surface area contributed by atoms with Gasteiger partial charge in [-0.25, -0.2) is 0 Å². The topological polar surface area (TPSA) is 60.8 Å². The predicted octanol–water partition coefficient (Wildman–Crippen LogP) is 5.83. The Morgan fingerprint density at radius 3 is 2.14 bits per heavy atom. The molecule has 0 N–H and O–H groups in total. The minimum Gasteiger partial charge on any atom is -0.478 e. The number of benzene rings is 2. The number of rotatable bonds is 3. The minimum atomic E-state index is -5.72. The molecule has 1 aromatic heterocycles. The molecule has 5 nitrogen and oxygen atoms in total. The summed E-state index contributed by atoms with van der Waals surface area (Å²) in [6.07, 6.45) is -16.6. The number of nitrogens with zero attached hydrogens (tertiary/aromatic N) is 2. The third-order valence-electron chi connectivity index (χ3n) is 5.61. The number of ether oxygens (including phenoxy) is 2. The highest BCUT2D eigenvalue weighted by Crippen LogP contribution is 2.50. The van der Waals surface area contributed by atoms with Gasteiger partial charge in [-0.15, -0.1) is 0 Å². The fraction of sp³-hybridized carbons (Fsp3) is 0.318. The van der Waals surface area contributed by atoms with E-state index in [0.29, 0.717) is 7.11 Å². The summed E-state index contributed by atoms with van der Waals surface area (Å²) in [6, 6.07) is 4.68. The lowest BCUT2D eigenvalue weighted by Gasteiger charge is -2.33. The van der Waals surface area contributed by atoms with Gasteiger partial charge in [0.2, 0.25) is 5.90 Å². The van der Waals surface area contributed by atoms with Gasteiger partial charge in [0.05, 0.1) is 36.0 Å². The molecular weight excluding hydrogens is 511 g/mol. The van der Waals surface area contributed by atoms with Gasteiger partial charge in [-0.1, -0.05) is 18.2 Å². The number of pyridine rings is 1. The van der Waals surface area contributed by atoms with Crippen LogP contribution in [0.25, 0.3) is 21.7 Å². The number of fused-ring (bicyclic) bond motifs is 3. The number of carbonyl (C=O) groups is 1. The van der Waals surface area contributed by atoms with Crippen LogP contribution in [0.5, 0.6) is 0 Å². The van der Waals surface area contributed by atoms with Crippen LogP contribution in [0.4, 0.5) is 39.5 Å². The molecule has 0 saturated heterocycles. The second-order valence-corrected chi connectivity index (χ2v) is 7.69. The Hall–Kier alpha value is -3.58. The Kier molecular flexibility index (Phi) is 5.84. The van der Waals surface area contributed by atoms with Crippen LogP contribution < -0.4 is 0 Å². The van der Waals surface area contributed by atoms with Crippen molar-refractivity contribution in [2.45, 2.75) is 23.9 Å². The number of para-hydroxylation sites is 1. The van der Waals surface area contributed by atoms with Crippen molar-refractivity contribution in [3.05, 3.63) is 53.2 Å². The summed E-state index contributed by atoms with van der Waals surface area (Å²) < 4.78 is 137. The molecule has 2 aromatic carbocycles. The Balaban J connectivity index is 2.35. The second-order valence-electron chi connectivity index (χ2n) is 7.69. The van der Waals surface area contributed by atoms with E-state index in [0.717, 1.165) is 12.1 Å². The molecule has 1 atom stereocenters. The lowest BCUT2D eigenvalue weighted by Crippen LogP contribution is -2.56. The van der Waals surface area contributed by atoms with E-state index < -0.39 is 75.5 Å². The van der Waals surface area contributed by atoms with Crippen LogP contribution in [0.15, 0.2) is 41.4 Å². The molecule has 3 aromatic rings. The molecule has 1 aliphatic rings. The highest BCUT2D eigenvalue weighted by atomic mass is 19.4. The second kappa shape index (κ2) is 8.23. The van der Waals surface area contributed by atoms with Crippen molar-refractivity contribution in [2.75, 3.05) is 20.3 Å². The summed E-state index contributed by atoms with van der Waals surface area (Å²) in [7, 11) is 0.563. The minimum absolute atomic E-state index is 0.286. The zero-order valence-electron chi connectivity index (χ0n) is 17.9. The Labute approximate surface area is 195 Å². The Morgan fingerprint density at radius 2 is 1.61 bits per heavy atom. The summed E-state index contributed by atoms with van der Waals surface area (Å²) in [5.74, 6) is -3.44. The van der Waals surface area contributed by atoms with Crippen LogP contribution in [0, 0.1) is 0 Å². The van der Waals surface area contributed by atoms with Gasteiger partial charge in [0, 0.05) is 10.8 Å². The number of aliphatic imine (C=N–C) groups is 1. The van der Waals surface area contributed by atoms with Crippen molar-refractivity contribution in [2.24, 2.45) is 4.99 Å². The van der Waals surface area contributed by atoms with E-state index >= 15 is 0 Å². The van der Waals surface area contributed by atoms with Crippen LogP contribution >= 0.6 is 0 Å². The first-order valence-electron chi connectivity index (χ1n) is 9.98. The Bertz CT molecular complexity index is 1390. The van der Waals surface area contributed by atoms with Gasteiger partial charge in [0.25, 0.3) is 5.41 Å². The molecule has 0 amide bonds. The van der Waals surface area contributed by atoms with E-state index in [-0.39, 0.29) is 24.1 Å². The fourth-order valence-corrected chi connectivity index (χ4v) is 4.12. The van der Waals surface area contributed by atoms with Gasteiger partial charge in [0.1, 0.15) is 6.61 Å². The average molecular weight is 524 g/mol. The standard InChI is InChI=1S/C22H13F9N2O3/c1-35-18(34)19(22(29,30)31,17-32-6-7-36-17)16-15-12(11-4-2-3-5-14(11)33-16)8-10(20(23,24)25)9-13(15)21(26,27)28/h2-5,8-9H,6-7H2,1H3. The zero-order valence-corrected chi connectivity index (χ0v) is 17.9. The molecule has 0 fully saturated rings. The third-order valence-corrected chi connectivity index (χ3v) is 5.61. The number of hydrogen-bond donors (Lipinski definition) is 0. The summed E-state index contributed by atoms with van der Waals surface area (Å²) in [5.41, 5.74) is -9.88. The first-order valence-corrected chi connectivity index (χ1v) is 9.98. The number of methoxy groups -OCH3 is 1. The third kappa shape index (κ3) is 3.78. The molecule has 0 spiro atoms.